The smallest absolute Gasteiger partial charge is 0.293 e. The molecule has 0 radical (unpaired) electrons. The molecule has 6 heteroatoms. The van der Waals surface area contributed by atoms with Gasteiger partial charge < -0.3 is 19.3 Å². The van der Waals surface area contributed by atoms with E-state index in [1.54, 1.807) is 17.0 Å². The van der Waals surface area contributed by atoms with Gasteiger partial charge >= 0.3 is 0 Å². The van der Waals surface area contributed by atoms with Crippen molar-refractivity contribution in [1.82, 2.24) is 9.55 Å². The fourth-order valence-corrected chi connectivity index (χ4v) is 2.59. The maximum absolute atomic E-state index is 12.4. The van der Waals surface area contributed by atoms with Gasteiger partial charge in [0, 0.05) is 31.5 Å². The van der Waals surface area contributed by atoms with Gasteiger partial charge in [-0.1, -0.05) is 0 Å². The largest absolute Gasteiger partial charge is 0.394 e. The number of ether oxygens (including phenoxy) is 1. The van der Waals surface area contributed by atoms with Crippen LogP contribution in [0.1, 0.15) is 25.8 Å². The van der Waals surface area contributed by atoms with E-state index in [4.69, 9.17) is 4.74 Å². The van der Waals surface area contributed by atoms with Crippen LogP contribution in [0.15, 0.2) is 17.2 Å². The monoisotopic (exact) mass is 265 g/mol. The van der Waals surface area contributed by atoms with E-state index in [2.05, 4.69) is 4.98 Å². The Hall–Kier alpha value is -1.40. The van der Waals surface area contributed by atoms with Gasteiger partial charge in [0.15, 0.2) is 5.82 Å². The van der Waals surface area contributed by atoms with Crippen molar-refractivity contribution in [1.29, 1.82) is 0 Å². The van der Waals surface area contributed by atoms with Crippen molar-refractivity contribution in [2.24, 2.45) is 0 Å². The Bertz CT molecular complexity index is 512. The van der Waals surface area contributed by atoms with Gasteiger partial charge in [-0.15, -0.1) is 0 Å². The normalized spacial score (nSPS) is 27.6. The molecule has 0 amide bonds. The van der Waals surface area contributed by atoms with Gasteiger partial charge in [-0.05, 0) is 19.8 Å². The summed E-state index contributed by atoms with van der Waals surface area (Å²) in [7, 11) is 0. The number of hydrogen-bond acceptors (Lipinski definition) is 5. The zero-order chi connectivity index (χ0) is 13.4. The Labute approximate surface area is 111 Å². The van der Waals surface area contributed by atoms with Crippen LogP contribution in [0.4, 0.5) is 5.82 Å². The van der Waals surface area contributed by atoms with Crippen molar-refractivity contribution < 1.29 is 9.84 Å². The lowest BCUT2D eigenvalue weighted by molar-refractivity contribution is -0.0423. The third-order valence-corrected chi connectivity index (χ3v) is 3.62. The zero-order valence-electron chi connectivity index (χ0n) is 11.0. The minimum absolute atomic E-state index is 0.0123. The van der Waals surface area contributed by atoms with Gasteiger partial charge in [0.2, 0.25) is 0 Å². The Balaban J connectivity index is 1.88. The maximum atomic E-state index is 12.4. The molecular formula is C13H19N3O3. The van der Waals surface area contributed by atoms with Crippen molar-refractivity contribution in [2.75, 3.05) is 24.6 Å². The number of aliphatic hydroxyl groups is 1. The minimum atomic E-state index is -0.250. The van der Waals surface area contributed by atoms with Crippen LogP contribution >= 0.6 is 0 Å². The zero-order valence-corrected chi connectivity index (χ0v) is 11.0. The van der Waals surface area contributed by atoms with Crippen LogP contribution in [-0.4, -0.2) is 46.6 Å². The van der Waals surface area contributed by atoms with Crippen molar-refractivity contribution in [3.63, 3.8) is 0 Å². The van der Waals surface area contributed by atoms with Crippen molar-refractivity contribution >= 4 is 5.82 Å². The summed E-state index contributed by atoms with van der Waals surface area (Å²) in [4.78, 5) is 18.6. The molecule has 2 heterocycles. The van der Waals surface area contributed by atoms with Crippen LogP contribution in [0, 0.1) is 0 Å². The number of nitrogens with zero attached hydrogens (tertiary/aromatic N) is 3. The highest BCUT2D eigenvalue weighted by atomic mass is 16.5. The highest BCUT2D eigenvalue weighted by molar-refractivity contribution is 5.37. The SMILES string of the molecule is CC1CN(c2nccn(C3CC3)c2=O)CC(CO)O1. The fourth-order valence-electron chi connectivity index (χ4n) is 2.59. The second kappa shape index (κ2) is 4.94. The topological polar surface area (TPSA) is 67.6 Å². The second-order valence-corrected chi connectivity index (χ2v) is 5.35. The molecule has 1 aliphatic carbocycles. The van der Waals surface area contributed by atoms with E-state index in [9.17, 15) is 9.90 Å². The number of hydrogen-bond donors (Lipinski definition) is 1. The Kier molecular flexibility index (Phi) is 3.28. The predicted molar refractivity (Wildman–Crippen MR) is 70.4 cm³/mol. The molecule has 2 atom stereocenters. The molecule has 2 fully saturated rings. The lowest BCUT2D eigenvalue weighted by atomic mass is 10.2. The van der Waals surface area contributed by atoms with Gasteiger partial charge in [-0.3, -0.25) is 4.79 Å². The molecule has 1 aromatic heterocycles. The molecule has 1 saturated heterocycles. The summed E-state index contributed by atoms with van der Waals surface area (Å²) < 4.78 is 7.36. The lowest BCUT2D eigenvalue weighted by Gasteiger charge is -2.36. The van der Waals surface area contributed by atoms with Crippen molar-refractivity contribution in [3.8, 4) is 0 Å². The van der Waals surface area contributed by atoms with Crippen LogP contribution in [0.25, 0.3) is 0 Å². The molecule has 2 aliphatic rings. The molecule has 2 unspecified atom stereocenters. The Morgan fingerprint density at radius 3 is 2.95 bits per heavy atom. The van der Waals surface area contributed by atoms with Crippen molar-refractivity contribution in [3.05, 3.63) is 22.7 Å². The molecule has 19 heavy (non-hydrogen) atoms. The van der Waals surface area contributed by atoms with Gasteiger partial charge in [-0.2, -0.15) is 0 Å². The first kappa shape index (κ1) is 12.6. The second-order valence-electron chi connectivity index (χ2n) is 5.35. The Morgan fingerprint density at radius 1 is 1.47 bits per heavy atom. The third kappa shape index (κ3) is 2.50. The molecule has 1 aliphatic heterocycles. The fraction of sp³-hybridized carbons (Fsp3) is 0.692. The van der Waals surface area contributed by atoms with E-state index in [1.165, 1.54) is 0 Å². The molecule has 6 nitrogen and oxygen atoms in total. The first-order chi connectivity index (χ1) is 9.19. The summed E-state index contributed by atoms with van der Waals surface area (Å²) in [6.45, 7) is 3.05. The number of morpholine rings is 1. The average molecular weight is 265 g/mol. The van der Waals surface area contributed by atoms with Crippen molar-refractivity contribution in [2.45, 2.75) is 38.0 Å². The van der Waals surface area contributed by atoms with Gasteiger partial charge in [0.05, 0.1) is 18.8 Å². The molecule has 0 bridgehead atoms. The highest BCUT2D eigenvalue weighted by Gasteiger charge is 2.30. The quantitative estimate of drug-likeness (QED) is 0.843. The van der Waals surface area contributed by atoms with Crippen LogP contribution in [0.5, 0.6) is 0 Å². The third-order valence-electron chi connectivity index (χ3n) is 3.62. The van der Waals surface area contributed by atoms with Gasteiger partial charge in [0.25, 0.3) is 5.56 Å². The van der Waals surface area contributed by atoms with E-state index in [0.717, 1.165) is 12.8 Å². The summed E-state index contributed by atoms with van der Waals surface area (Å²) in [6, 6.07) is 0.348. The van der Waals surface area contributed by atoms with Gasteiger partial charge in [-0.25, -0.2) is 4.98 Å². The molecular weight excluding hydrogens is 246 g/mol. The molecule has 3 rings (SSSR count). The van der Waals surface area contributed by atoms with Crippen LogP contribution in [0.2, 0.25) is 0 Å². The Morgan fingerprint density at radius 2 is 2.26 bits per heavy atom. The summed E-state index contributed by atoms with van der Waals surface area (Å²) in [5.74, 6) is 0.475. The van der Waals surface area contributed by atoms with E-state index >= 15 is 0 Å². The number of aliphatic hydroxyl groups excluding tert-OH is 1. The van der Waals surface area contributed by atoms with E-state index in [-0.39, 0.29) is 24.4 Å². The summed E-state index contributed by atoms with van der Waals surface area (Å²) >= 11 is 0. The number of aromatic nitrogens is 2. The van der Waals surface area contributed by atoms with Crippen LogP contribution in [-0.2, 0) is 4.74 Å². The first-order valence-corrected chi connectivity index (χ1v) is 6.77. The van der Waals surface area contributed by atoms with E-state index in [0.29, 0.717) is 24.9 Å². The minimum Gasteiger partial charge on any atom is -0.394 e. The van der Waals surface area contributed by atoms with Gasteiger partial charge in [0.1, 0.15) is 0 Å². The molecule has 1 aromatic rings. The summed E-state index contributed by atoms with van der Waals surface area (Å²) in [5, 5.41) is 9.24. The number of rotatable bonds is 3. The van der Waals surface area contributed by atoms with E-state index < -0.39 is 0 Å². The molecule has 104 valence electrons. The molecule has 0 aromatic carbocycles. The molecule has 1 N–H and O–H groups in total. The molecule has 1 saturated carbocycles. The maximum Gasteiger partial charge on any atom is 0.293 e. The van der Waals surface area contributed by atoms with E-state index in [1.807, 2.05) is 11.8 Å². The average Bonchev–Trinajstić information content (AvgIpc) is 3.22. The first-order valence-electron chi connectivity index (χ1n) is 6.77. The number of anilines is 1. The standard InChI is InChI=1S/C13H19N3O3/c1-9-6-15(7-11(8-17)19-9)12-13(18)16(5-4-14-12)10-2-3-10/h4-5,9-11,17H,2-3,6-8H2,1H3. The summed E-state index contributed by atoms with van der Waals surface area (Å²) in [5.41, 5.74) is -0.0317. The summed E-state index contributed by atoms with van der Waals surface area (Å²) in [6.07, 6.45) is 5.32. The van der Waals surface area contributed by atoms with Crippen LogP contribution < -0.4 is 10.5 Å². The highest BCUT2D eigenvalue weighted by Crippen LogP contribution is 2.33. The van der Waals surface area contributed by atoms with Crippen LogP contribution in [0.3, 0.4) is 0 Å². The molecule has 0 spiro atoms. The predicted octanol–water partition coefficient (Wildman–Crippen LogP) is 0.164. The lowest BCUT2D eigenvalue weighted by Crippen LogP contribution is -2.50.